The van der Waals surface area contributed by atoms with Crippen molar-refractivity contribution in [2.75, 3.05) is 18.1 Å². The highest BCUT2D eigenvalue weighted by atomic mass is 32.2. The highest BCUT2D eigenvalue weighted by Crippen LogP contribution is 2.40. The van der Waals surface area contributed by atoms with Gasteiger partial charge < -0.3 is 14.5 Å². The number of H-pyrrole nitrogens is 1. The Labute approximate surface area is 311 Å². The molecule has 280 valence electrons. The summed E-state index contributed by atoms with van der Waals surface area (Å²) in [5.74, 6) is -1.60. The quantitative estimate of drug-likeness (QED) is 0.147. The van der Waals surface area contributed by atoms with Crippen LogP contribution >= 0.6 is 0 Å². The molecule has 3 aromatic carbocycles. The molecule has 0 saturated heterocycles. The normalized spacial score (nSPS) is 18.4. The minimum atomic E-state index is -3.72. The van der Waals surface area contributed by atoms with Crippen molar-refractivity contribution in [3.05, 3.63) is 119 Å². The Bertz CT molecular complexity index is 2540. The van der Waals surface area contributed by atoms with Gasteiger partial charge in [0.25, 0.3) is 0 Å². The number of rotatable bonds is 4. The van der Waals surface area contributed by atoms with Crippen LogP contribution in [0.1, 0.15) is 62.2 Å². The van der Waals surface area contributed by atoms with E-state index in [1.165, 1.54) is 35.0 Å². The predicted molar refractivity (Wildman–Crippen MR) is 201 cm³/mol. The van der Waals surface area contributed by atoms with E-state index in [2.05, 4.69) is 10.1 Å². The predicted octanol–water partition coefficient (Wildman–Crippen LogP) is 7.26. The fraction of sp³-hybridized carbons (Fsp3) is 0.300. The van der Waals surface area contributed by atoms with Crippen molar-refractivity contribution < 1.29 is 31.5 Å². The first-order valence-corrected chi connectivity index (χ1v) is 19.3. The number of sulfone groups is 1. The first-order valence-electron chi connectivity index (χ1n) is 17.5. The molecule has 14 heteroatoms. The Hall–Kier alpha value is -5.63. The van der Waals surface area contributed by atoms with Crippen LogP contribution in [0, 0.1) is 11.6 Å². The first-order chi connectivity index (χ1) is 25.7. The lowest BCUT2D eigenvalue weighted by molar-refractivity contribution is -0.137. The summed E-state index contributed by atoms with van der Waals surface area (Å²) >= 11 is 0. The van der Waals surface area contributed by atoms with Crippen molar-refractivity contribution >= 4 is 32.8 Å². The number of esters is 1. The smallest absolute Gasteiger partial charge is 0.330 e. The molecule has 1 N–H and O–H groups in total. The van der Waals surface area contributed by atoms with Crippen LogP contribution in [0.5, 0.6) is 11.5 Å². The van der Waals surface area contributed by atoms with Gasteiger partial charge in [0.1, 0.15) is 11.6 Å². The van der Waals surface area contributed by atoms with Crippen molar-refractivity contribution in [3.8, 4) is 22.9 Å². The van der Waals surface area contributed by atoms with E-state index in [0.717, 1.165) is 0 Å². The molecule has 54 heavy (non-hydrogen) atoms. The fourth-order valence-electron chi connectivity index (χ4n) is 6.95. The molecule has 0 fully saturated rings. The van der Waals surface area contributed by atoms with Gasteiger partial charge in [-0.1, -0.05) is 38.1 Å². The SMILES string of the molecule is CCOC(=O)/C=C/c1cccc(C2(C)CCS(=O)(=O)CC(C)(C)c3cnn(c3)Cc3c(c(F)cc4[nH]ccc34)Oc3ccc(F)c(c3)-c3nc2nn3C)c1. The number of ether oxygens (including phenoxy) is 2. The molecular weight excluding hydrogens is 715 g/mol. The summed E-state index contributed by atoms with van der Waals surface area (Å²) in [6, 6.07) is 14.5. The largest absolute Gasteiger partial charge is 0.463 e. The zero-order chi connectivity index (χ0) is 38.4. The maximum absolute atomic E-state index is 15.9. The molecular formula is C40H40F2N6O5S. The van der Waals surface area contributed by atoms with Crippen molar-refractivity contribution in [3.63, 3.8) is 0 Å². The molecule has 1 unspecified atom stereocenters. The Kier molecular flexibility index (Phi) is 9.50. The fourth-order valence-corrected chi connectivity index (χ4v) is 9.08. The van der Waals surface area contributed by atoms with Gasteiger partial charge in [0.15, 0.2) is 33.1 Å². The monoisotopic (exact) mass is 754 g/mol. The molecule has 3 aromatic heterocycles. The minimum absolute atomic E-state index is 0.0518. The first kappa shape index (κ1) is 36.7. The van der Waals surface area contributed by atoms with E-state index in [1.54, 1.807) is 49.4 Å². The van der Waals surface area contributed by atoms with E-state index in [0.29, 0.717) is 33.2 Å². The van der Waals surface area contributed by atoms with Crippen LogP contribution in [-0.4, -0.2) is 62.0 Å². The summed E-state index contributed by atoms with van der Waals surface area (Å²) in [6.45, 7) is 7.62. The molecule has 0 spiro atoms. The average Bonchev–Trinajstić information content (AvgIpc) is 3.89. The molecule has 1 aliphatic rings. The second-order valence-electron chi connectivity index (χ2n) is 14.4. The van der Waals surface area contributed by atoms with Gasteiger partial charge in [-0.05, 0) is 67.3 Å². The molecule has 6 aromatic rings. The molecule has 6 bridgehead atoms. The summed E-state index contributed by atoms with van der Waals surface area (Å²) in [6.07, 6.45) is 8.14. The van der Waals surface area contributed by atoms with Gasteiger partial charge >= 0.3 is 5.97 Å². The zero-order valence-electron chi connectivity index (χ0n) is 30.6. The maximum Gasteiger partial charge on any atom is 0.330 e. The third-order valence-electron chi connectivity index (χ3n) is 9.97. The van der Waals surface area contributed by atoms with Crippen molar-refractivity contribution in [1.29, 1.82) is 0 Å². The molecule has 1 aliphatic heterocycles. The highest BCUT2D eigenvalue weighted by molar-refractivity contribution is 7.91. The molecule has 11 nitrogen and oxygen atoms in total. The van der Waals surface area contributed by atoms with Crippen LogP contribution in [0.4, 0.5) is 8.78 Å². The van der Waals surface area contributed by atoms with E-state index in [9.17, 15) is 13.2 Å². The number of nitrogens with zero attached hydrogens (tertiary/aromatic N) is 5. The number of carbonyl (C=O) groups excluding carboxylic acids is 1. The van der Waals surface area contributed by atoms with Crippen LogP contribution < -0.4 is 4.74 Å². The Morgan fingerprint density at radius 1 is 1.07 bits per heavy atom. The van der Waals surface area contributed by atoms with Gasteiger partial charge in [-0.3, -0.25) is 4.68 Å². The number of hydrogen-bond donors (Lipinski definition) is 1. The summed E-state index contributed by atoms with van der Waals surface area (Å²) in [5, 5.41) is 9.98. The van der Waals surface area contributed by atoms with Crippen LogP contribution in [-0.2, 0) is 43.8 Å². The molecule has 0 radical (unpaired) electrons. The van der Waals surface area contributed by atoms with E-state index in [4.69, 9.17) is 19.6 Å². The van der Waals surface area contributed by atoms with Gasteiger partial charge in [-0.25, -0.2) is 31.7 Å². The Balaban J connectivity index is 1.40. The number of aromatic nitrogens is 6. The minimum Gasteiger partial charge on any atom is -0.463 e. The zero-order valence-corrected chi connectivity index (χ0v) is 31.4. The third-order valence-corrected chi connectivity index (χ3v) is 12.0. The van der Waals surface area contributed by atoms with Crippen LogP contribution in [0.2, 0.25) is 0 Å². The average molecular weight is 755 g/mol. The molecule has 7 rings (SSSR count). The van der Waals surface area contributed by atoms with E-state index in [1.807, 2.05) is 45.0 Å². The number of halogens is 2. The molecule has 0 saturated carbocycles. The lowest BCUT2D eigenvalue weighted by atomic mass is 9.78. The standard InChI is InChI=1S/C40H40F2N6O5S/c1-6-52-35(49)13-10-25-8-7-9-26(18-25)40(4)15-17-54(50,51)24-39(2,3)27-21-44-48(22-27)23-31-29-14-16-43-34(29)20-33(42)36(31)53-28-11-12-32(41)30(19-28)37-45-38(40)46-47(37)5/h7-14,16,18-22,43H,6,15,17,23-24H2,1-5H3/b13-10+. The molecule has 0 amide bonds. The lowest BCUT2D eigenvalue weighted by Crippen LogP contribution is -2.33. The van der Waals surface area contributed by atoms with Crippen LogP contribution in [0.15, 0.2) is 79.3 Å². The Morgan fingerprint density at radius 3 is 2.69 bits per heavy atom. The van der Waals surface area contributed by atoms with Crippen molar-refractivity contribution in [2.24, 2.45) is 7.05 Å². The summed E-state index contributed by atoms with van der Waals surface area (Å²) < 4.78 is 74.0. The van der Waals surface area contributed by atoms with Gasteiger partial charge in [0.05, 0.1) is 41.8 Å². The number of aryl methyl sites for hydroxylation is 1. The second-order valence-corrected chi connectivity index (χ2v) is 16.6. The van der Waals surface area contributed by atoms with Gasteiger partial charge in [0, 0.05) is 53.5 Å². The third kappa shape index (κ3) is 7.17. The van der Waals surface area contributed by atoms with E-state index < -0.39 is 38.3 Å². The van der Waals surface area contributed by atoms with Gasteiger partial charge in [-0.2, -0.15) is 10.2 Å². The molecule has 0 aliphatic carbocycles. The maximum atomic E-state index is 15.9. The summed E-state index contributed by atoms with van der Waals surface area (Å²) in [7, 11) is -2.10. The Morgan fingerprint density at radius 2 is 1.89 bits per heavy atom. The summed E-state index contributed by atoms with van der Waals surface area (Å²) in [5.41, 5.74) is 1.22. The summed E-state index contributed by atoms with van der Waals surface area (Å²) in [4.78, 5) is 20.0. The number of nitrogens with one attached hydrogen (secondary N) is 1. The second kappa shape index (κ2) is 14.0. The van der Waals surface area contributed by atoms with E-state index in [-0.39, 0.29) is 59.8 Å². The van der Waals surface area contributed by atoms with Crippen molar-refractivity contribution in [1.82, 2.24) is 29.5 Å². The molecule has 1 atom stereocenters. The van der Waals surface area contributed by atoms with Gasteiger partial charge in [-0.15, -0.1) is 0 Å². The van der Waals surface area contributed by atoms with Crippen LogP contribution in [0.25, 0.3) is 28.4 Å². The number of carbonyl (C=O) groups is 1. The number of hydrogen-bond acceptors (Lipinski definition) is 8. The number of fused-ring (bicyclic) bond motifs is 10. The number of benzene rings is 3. The van der Waals surface area contributed by atoms with Gasteiger partial charge in [0.2, 0.25) is 0 Å². The van der Waals surface area contributed by atoms with Crippen molar-refractivity contribution in [2.45, 2.75) is 51.5 Å². The molecule has 4 heterocycles. The van der Waals surface area contributed by atoms with E-state index >= 15 is 8.78 Å². The number of aromatic amines is 1. The topological polar surface area (TPSA) is 134 Å². The van der Waals surface area contributed by atoms with Crippen LogP contribution in [0.3, 0.4) is 0 Å². The lowest BCUT2D eigenvalue weighted by Gasteiger charge is -2.29. The highest BCUT2D eigenvalue weighted by Gasteiger charge is 2.38.